The minimum absolute atomic E-state index is 0.0452. The van der Waals surface area contributed by atoms with Gasteiger partial charge in [0, 0.05) is 18.7 Å². The van der Waals surface area contributed by atoms with E-state index in [0.29, 0.717) is 25.1 Å². The molecule has 0 saturated carbocycles. The number of nitriles is 1. The number of carbonyl (C=O) groups excluding carboxylic acids is 1. The van der Waals surface area contributed by atoms with Gasteiger partial charge in [0.25, 0.3) is 0 Å². The highest BCUT2D eigenvalue weighted by Gasteiger charge is 2.30. The van der Waals surface area contributed by atoms with Gasteiger partial charge in [-0.05, 0) is 12.0 Å². The monoisotopic (exact) mass is 229 g/mol. The van der Waals surface area contributed by atoms with Gasteiger partial charge in [-0.3, -0.25) is 4.79 Å². The van der Waals surface area contributed by atoms with Crippen LogP contribution in [0, 0.1) is 17.2 Å². The molecule has 17 heavy (non-hydrogen) atoms. The number of nitrogens with two attached hydrogens (primary N) is 1. The smallest absolute Gasteiger partial charge is 0.180 e. The molecule has 0 amide bonds. The summed E-state index contributed by atoms with van der Waals surface area (Å²) >= 11 is 0. The summed E-state index contributed by atoms with van der Waals surface area (Å²) in [7, 11) is 0. The van der Waals surface area contributed by atoms with E-state index >= 15 is 0 Å². The van der Waals surface area contributed by atoms with Crippen molar-refractivity contribution in [3.8, 4) is 6.07 Å². The number of Topliss-reactive ketones (excluding diaryl/α,β-unsaturated/α-hetero) is 1. The van der Waals surface area contributed by atoms with Crippen molar-refractivity contribution >= 4 is 5.78 Å². The number of ketones is 1. The number of hydrogen-bond acceptors (Lipinski definition) is 4. The molecular weight excluding hydrogens is 214 g/mol. The van der Waals surface area contributed by atoms with Crippen LogP contribution in [-0.4, -0.2) is 18.4 Å². The zero-order valence-corrected chi connectivity index (χ0v) is 9.52. The molecule has 1 aromatic carbocycles. The lowest BCUT2D eigenvalue weighted by Crippen LogP contribution is -2.31. The molecule has 1 unspecified atom stereocenters. The minimum Gasteiger partial charge on any atom is -0.326 e. The first-order chi connectivity index (χ1) is 8.26. The second-order valence-electron chi connectivity index (χ2n) is 4.25. The molecule has 2 atom stereocenters. The van der Waals surface area contributed by atoms with Crippen LogP contribution < -0.4 is 11.1 Å². The summed E-state index contributed by atoms with van der Waals surface area (Å²) in [5, 5.41) is 11.9. The van der Waals surface area contributed by atoms with Crippen molar-refractivity contribution in [2.45, 2.75) is 19.0 Å². The van der Waals surface area contributed by atoms with Gasteiger partial charge in [-0.15, -0.1) is 0 Å². The standard InChI is InChI=1S/C13H15N3O/c14-6-9-5-12(16-8-9)13(17)11-4-2-1-3-10(11)7-15/h1-4,9,12,16H,5,7-8,15H2/t9?,12-/m0/s1. The maximum Gasteiger partial charge on any atom is 0.180 e. The van der Waals surface area contributed by atoms with Crippen LogP contribution in [0.5, 0.6) is 0 Å². The topological polar surface area (TPSA) is 78.9 Å². The molecule has 0 bridgehead atoms. The van der Waals surface area contributed by atoms with Crippen LogP contribution in [0.1, 0.15) is 22.3 Å². The van der Waals surface area contributed by atoms with Gasteiger partial charge in [-0.1, -0.05) is 24.3 Å². The summed E-state index contributed by atoms with van der Waals surface area (Å²) < 4.78 is 0. The lowest BCUT2D eigenvalue weighted by molar-refractivity contribution is 0.0950. The van der Waals surface area contributed by atoms with E-state index in [-0.39, 0.29) is 17.7 Å². The van der Waals surface area contributed by atoms with E-state index in [2.05, 4.69) is 11.4 Å². The Labute approximate surface area is 100 Å². The van der Waals surface area contributed by atoms with Crippen LogP contribution in [0.25, 0.3) is 0 Å². The van der Waals surface area contributed by atoms with Crippen molar-refractivity contribution in [2.24, 2.45) is 11.7 Å². The van der Waals surface area contributed by atoms with Crippen LogP contribution in [-0.2, 0) is 6.54 Å². The van der Waals surface area contributed by atoms with Gasteiger partial charge >= 0.3 is 0 Å². The summed E-state index contributed by atoms with van der Waals surface area (Å²) in [4.78, 5) is 12.3. The predicted octanol–water partition coefficient (Wildman–Crippen LogP) is 0.830. The van der Waals surface area contributed by atoms with Crippen LogP contribution in [0.15, 0.2) is 24.3 Å². The van der Waals surface area contributed by atoms with Gasteiger partial charge in [-0.25, -0.2) is 0 Å². The van der Waals surface area contributed by atoms with E-state index in [1.807, 2.05) is 18.2 Å². The molecule has 1 aliphatic rings. The van der Waals surface area contributed by atoms with E-state index in [1.165, 1.54) is 0 Å². The van der Waals surface area contributed by atoms with E-state index in [0.717, 1.165) is 5.56 Å². The zero-order valence-electron chi connectivity index (χ0n) is 9.52. The highest BCUT2D eigenvalue weighted by Crippen LogP contribution is 2.19. The normalized spacial score (nSPS) is 23.3. The van der Waals surface area contributed by atoms with Crippen molar-refractivity contribution < 1.29 is 4.79 Å². The Morgan fingerprint density at radius 2 is 2.29 bits per heavy atom. The fourth-order valence-corrected chi connectivity index (χ4v) is 2.16. The van der Waals surface area contributed by atoms with Crippen molar-refractivity contribution in [1.29, 1.82) is 5.26 Å². The number of nitrogens with one attached hydrogen (secondary N) is 1. The summed E-state index contributed by atoms with van der Waals surface area (Å²) in [6.45, 7) is 0.952. The molecule has 0 aliphatic carbocycles. The first-order valence-corrected chi connectivity index (χ1v) is 5.71. The van der Waals surface area contributed by atoms with Crippen molar-refractivity contribution in [3.05, 3.63) is 35.4 Å². The minimum atomic E-state index is -0.243. The van der Waals surface area contributed by atoms with Gasteiger partial charge in [0.15, 0.2) is 5.78 Å². The quantitative estimate of drug-likeness (QED) is 0.752. The molecule has 1 saturated heterocycles. The van der Waals surface area contributed by atoms with Crippen LogP contribution in [0.4, 0.5) is 0 Å². The predicted molar refractivity (Wildman–Crippen MR) is 64.2 cm³/mol. The summed E-state index contributed by atoms with van der Waals surface area (Å²) in [6, 6.07) is 9.32. The average molecular weight is 229 g/mol. The highest BCUT2D eigenvalue weighted by atomic mass is 16.1. The van der Waals surface area contributed by atoms with Crippen molar-refractivity contribution in [3.63, 3.8) is 0 Å². The zero-order chi connectivity index (χ0) is 12.3. The van der Waals surface area contributed by atoms with E-state index < -0.39 is 0 Å². The van der Waals surface area contributed by atoms with Gasteiger partial charge < -0.3 is 11.1 Å². The van der Waals surface area contributed by atoms with Crippen molar-refractivity contribution in [1.82, 2.24) is 5.32 Å². The van der Waals surface area contributed by atoms with Gasteiger partial charge in [0.2, 0.25) is 0 Å². The molecule has 88 valence electrons. The highest BCUT2D eigenvalue weighted by molar-refractivity contribution is 6.01. The number of benzene rings is 1. The molecule has 1 aliphatic heterocycles. The summed E-state index contributed by atoms with van der Waals surface area (Å²) in [6.07, 6.45) is 0.592. The molecule has 1 aromatic rings. The Kier molecular flexibility index (Phi) is 3.52. The van der Waals surface area contributed by atoms with E-state index in [1.54, 1.807) is 6.07 Å². The third-order valence-corrected chi connectivity index (χ3v) is 3.13. The summed E-state index contributed by atoms with van der Waals surface area (Å²) in [5.74, 6) is -0.0159. The third kappa shape index (κ3) is 2.36. The second-order valence-corrected chi connectivity index (χ2v) is 4.25. The summed E-state index contributed by atoms with van der Waals surface area (Å²) in [5.41, 5.74) is 7.15. The van der Waals surface area contributed by atoms with Crippen LogP contribution >= 0.6 is 0 Å². The number of rotatable bonds is 3. The van der Waals surface area contributed by atoms with Gasteiger partial charge in [0.05, 0.1) is 18.0 Å². The molecule has 0 radical (unpaired) electrons. The second kappa shape index (κ2) is 5.09. The Morgan fingerprint density at radius 3 is 2.94 bits per heavy atom. The Bertz CT molecular complexity index is 464. The van der Waals surface area contributed by atoms with Gasteiger partial charge in [0.1, 0.15) is 0 Å². The molecule has 0 spiro atoms. The number of nitrogens with zero attached hydrogens (tertiary/aromatic N) is 1. The molecule has 2 rings (SSSR count). The maximum atomic E-state index is 12.3. The molecule has 3 N–H and O–H groups in total. The largest absolute Gasteiger partial charge is 0.326 e. The van der Waals surface area contributed by atoms with E-state index in [9.17, 15) is 4.79 Å². The first kappa shape index (κ1) is 11.8. The van der Waals surface area contributed by atoms with Crippen LogP contribution in [0.3, 0.4) is 0 Å². The molecular formula is C13H15N3O. The fourth-order valence-electron chi connectivity index (χ4n) is 2.16. The van der Waals surface area contributed by atoms with Gasteiger partial charge in [-0.2, -0.15) is 5.26 Å². The maximum absolute atomic E-state index is 12.3. The first-order valence-electron chi connectivity index (χ1n) is 5.71. The SMILES string of the molecule is N#CC1CN[C@H](C(=O)c2ccccc2CN)C1. The lowest BCUT2D eigenvalue weighted by Gasteiger charge is -2.11. The fraction of sp³-hybridized carbons (Fsp3) is 0.385. The van der Waals surface area contributed by atoms with Crippen LogP contribution in [0.2, 0.25) is 0 Å². The number of hydrogen-bond donors (Lipinski definition) is 2. The molecule has 1 heterocycles. The third-order valence-electron chi connectivity index (χ3n) is 3.13. The number of carbonyl (C=O) groups is 1. The Hall–Kier alpha value is -1.70. The molecule has 4 nitrogen and oxygen atoms in total. The Balaban J connectivity index is 2.18. The lowest BCUT2D eigenvalue weighted by atomic mass is 9.96. The van der Waals surface area contributed by atoms with E-state index in [4.69, 9.17) is 11.0 Å². The Morgan fingerprint density at radius 1 is 1.53 bits per heavy atom. The van der Waals surface area contributed by atoms with Crippen molar-refractivity contribution in [2.75, 3.05) is 6.54 Å². The molecule has 0 aromatic heterocycles. The average Bonchev–Trinajstić information content (AvgIpc) is 2.86. The molecule has 1 fully saturated rings. The molecule has 4 heteroatoms.